The van der Waals surface area contributed by atoms with Crippen LogP contribution in [0.5, 0.6) is 5.75 Å². The van der Waals surface area contributed by atoms with Gasteiger partial charge in [0.05, 0.1) is 18.4 Å². The van der Waals surface area contributed by atoms with Gasteiger partial charge in [-0.3, -0.25) is 9.59 Å². The zero-order chi connectivity index (χ0) is 22.5. The topological polar surface area (TPSA) is 85.2 Å². The fourth-order valence-electron chi connectivity index (χ4n) is 3.31. The summed E-state index contributed by atoms with van der Waals surface area (Å²) in [5, 5.41) is 10.3. The van der Waals surface area contributed by atoms with Crippen LogP contribution in [0.4, 0.5) is 11.4 Å². The van der Waals surface area contributed by atoms with E-state index < -0.39 is 0 Å². The molecule has 3 aromatic carbocycles. The van der Waals surface area contributed by atoms with E-state index in [1.54, 1.807) is 42.3 Å². The number of carbonyl (C=O) groups is 2. The Morgan fingerprint density at radius 1 is 0.875 bits per heavy atom. The van der Waals surface area contributed by atoms with Crippen molar-refractivity contribution in [2.75, 3.05) is 17.7 Å². The molecule has 4 aromatic rings. The number of amides is 2. The fourth-order valence-corrected chi connectivity index (χ4v) is 3.31. The normalized spacial score (nSPS) is 10.4. The minimum Gasteiger partial charge on any atom is -0.497 e. The minimum absolute atomic E-state index is 0.182. The summed E-state index contributed by atoms with van der Waals surface area (Å²) in [6.45, 7) is 1.43. The summed E-state index contributed by atoms with van der Waals surface area (Å²) in [7, 11) is 1.59. The first-order chi connectivity index (χ1) is 15.5. The lowest BCUT2D eigenvalue weighted by atomic mass is 10.1. The third-order valence-electron chi connectivity index (χ3n) is 4.76. The zero-order valence-corrected chi connectivity index (χ0v) is 17.7. The lowest BCUT2D eigenvalue weighted by Gasteiger charge is -2.08. The van der Waals surface area contributed by atoms with E-state index >= 15 is 0 Å². The number of rotatable bonds is 6. The third-order valence-corrected chi connectivity index (χ3v) is 4.76. The molecule has 0 aliphatic rings. The number of carbonyl (C=O) groups excluding carboxylic acids is 2. The highest BCUT2D eigenvalue weighted by Crippen LogP contribution is 2.28. The Kier molecular flexibility index (Phi) is 5.98. The third kappa shape index (κ3) is 4.67. The van der Waals surface area contributed by atoms with Gasteiger partial charge in [-0.15, -0.1) is 0 Å². The second kappa shape index (κ2) is 9.18. The monoisotopic (exact) mass is 426 g/mol. The van der Waals surface area contributed by atoms with Crippen molar-refractivity contribution < 1.29 is 14.3 Å². The SMILES string of the molecule is COc1cccc(-c2nn(-c3ccccc3)cc2C(=O)Nc2cccc(NC(C)=O)c2)c1. The first-order valence-corrected chi connectivity index (χ1v) is 10.0. The number of nitrogens with one attached hydrogen (secondary N) is 2. The van der Waals surface area contributed by atoms with E-state index in [2.05, 4.69) is 15.7 Å². The Morgan fingerprint density at radius 2 is 1.59 bits per heavy atom. The van der Waals surface area contributed by atoms with Gasteiger partial charge in [-0.05, 0) is 42.5 Å². The Bertz CT molecular complexity index is 1270. The average Bonchev–Trinajstić information content (AvgIpc) is 3.25. The molecule has 2 amide bonds. The van der Waals surface area contributed by atoms with Crippen LogP contribution in [0.3, 0.4) is 0 Å². The van der Waals surface area contributed by atoms with E-state index in [0.29, 0.717) is 28.4 Å². The molecule has 4 rings (SSSR count). The van der Waals surface area contributed by atoms with Crippen molar-refractivity contribution in [1.29, 1.82) is 0 Å². The maximum Gasteiger partial charge on any atom is 0.259 e. The number of aromatic nitrogens is 2. The number of para-hydroxylation sites is 1. The Morgan fingerprint density at radius 3 is 2.31 bits per heavy atom. The van der Waals surface area contributed by atoms with Crippen LogP contribution in [0.1, 0.15) is 17.3 Å². The van der Waals surface area contributed by atoms with E-state index in [9.17, 15) is 9.59 Å². The molecule has 0 atom stereocenters. The van der Waals surface area contributed by atoms with Crippen molar-refractivity contribution in [1.82, 2.24) is 9.78 Å². The molecular weight excluding hydrogens is 404 g/mol. The molecule has 0 radical (unpaired) electrons. The molecule has 160 valence electrons. The summed E-state index contributed by atoms with van der Waals surface area (Å²) in [5.41, 5.74) is 3.70. The van der Waals surface area contributed by atoms with Crippen LogP contribution in [0.15, 0.2) is 85.1 Å². The molecule has 1 aromatic heterocycles. The van der Waals surface area contributed by atoms with Gasteiger partial charge in [0, 0.05) is 30.1 Å². The maximum absolute atomic E-state index is 13.3. The smallest absolute Gasteiger partial charge is 0.259 e. The van der Waals surface area contributed by atoms with Gasteiger partial charge in [-0.25, -0.2) is 4.68 Å². The fraction of sp³-hybridized carbons (Fsp3) is 0.0800. The van der Waals surface area contributed by atoms with Gasteiger partial charge in [0.15, 0.2) is 0 Å². The van der Waals surface area contributed by atoms with Crippen molar-refractivity contribution in [2.24, 2.45) is 0 Å². The van der Waals surface area contributed by atoms with Crippen molar-refractivity contribution in [2.45, 2.75) is 6.92 Å². The number of hydrogen-bond donors (Lipinski definition) is 2. The highest BCUT2D eigenvalue weighted by atomic mass is 16.5. The number of anilines is 2. The number of hydrogen-bond acceptors (Lipinski definition) is 4. The number of ether oxygens (including phenoxy) is 1. The first kappa shape index (κ1) is 20.9. The standard InChI is InChI=1S/C25H22N4O3/c1-17(30)26-19-9-7-10-20(15-19)27-25(31)23-16-29(21-11-4-3-5-12-21)28-24(23)18-8-6-13-22(14-18)32-2/h3-16H,1-2H3,(H,26,30)(H,27,31). The van der Waals surface area contributed by atoms with Crippen molar-refractivity contribution in [3.05, 3.63) is 90.6 Å². The Hall–Kier alpha value is -4.39. The Balaban J connectivity index is 1.72. The maximum atomic E-state index is 13.3. The molecule has 32 heavy (non-hydrogen) atoms. The van der Waals surface area contributed by atoms with E-state index in [1.165, 1.54) is 6.92 Å². The molecule has 7 heteroatoms. The van der Waals surface area contributed by atoms with E-state index in [4.69, 9.17) is 4.74 Å². The molecule has 1 heterocycles. The molecule has 0 fully saturated rings. The molecule has 0 aliphatic carbocycles. The number of methoxy groups -OCH3 is 1. The highest BCUT2D eigenvalue weighted by molar-refractivity contribution is 6.08. The van der Waals surface area contributed by atoms with Gasteiger partial charge >= 0.3 is 0 Å². The summed E-state index contributed by atoms with van der Waals surface area (Å²) >= 11 is 0. The predicted molar refractivity (Wildman–Crippen MR) is 124 cm³/mol. The van der Waals surface area contributed by atoms with Crippen LogP contribution < -0.4 is 15.4 Å². The molecule has 7 nitrogen and oxygen atoms in total. The number of nitrogens with zero attached hydrogens (tertiary/aromatic N) is 2. The van der Waals surface area contributed by atoms with Crippen molar-refractivity contribution in [3.63, 3.8) is 0 Å². The van der Waals surface area contributed by atoms with Crippen LogP contribution in [-0.4, -0.2) is 28.7 Å². The summed E-state index contributed by atoms with van der Waals surface area (Å²) in [5.74, 6) is 0.175. The van der Waals surface area contributed by atoms with Gasteiger partial charge < -0.3 is 15.4 Å². The quantitative estimate of drug-likeness (QED) is 0.466. The second-order valence-electron chi connectivity index (χ2n) is 7.12. The second-order valence-corrected chi connectivity index (χ2v) is 7.12. The first-order valence-electron chi connectivity index (χ1n) is 10.0. The van der Waals surface area contributed by atoms with Crippen LogP contribution in [0.25, 0.3) is 16.9 Å². The molecule has 0 saturated carbocycles. The lowest BCUT2D eigenvalue weighted by Crippen LogP contribution is -2.13. The van der Waals surface area contributed by atoms with Gasteiger partial charge in [0.25, 0.3) is 5.91 Å². The molecular formula is C25H22N4O3. The van der Waals surface area contributed by atoms with Crippen LogP contribution in [-0.2, 0) is 4.79 Å². The van der Waals surface area contributed by atoms with Crippen LogP contribution in [0.2, 0.25) is 0 Å². The minimum atomic E-state index is -0.315. The van der Waals surface area contributed by atoms with Crippen molar-refractivity contribution in [3.8, 4) is 22.7 Å². The van der Waals surface area contributed by atoms with E-state index in [-0.39, 0.29) is 11.8 Å². The summed E-state index contributed by atoms with van der Waals surface area (Å²) < 4.78 is 7.02. The van der Waals surface area contributed by atoms with Gasteiger partial charge in [0.1, 0.15) is 11.4 Å². The highest BCUT2D eigenvalue weighted by Gasteiger charge is 2.19. The molecule has 0 bridgehead atoms. The van der Waals surface area contributed by atoms with Crippen molar-refractivity contribution >= 4 is 23.2 Å². The summed E-state index contributed by atoms with van der Waals surface area (Å²) in [6.07, 6.45) is 1.71. The molecule has 0 aliphatic heterocycles. The average molecular weight is 426 g/mol. The van der Waals surface area contributed by atoms with Gasteiger partial charge in [0.2, 0.25) is 5.91 Å². The largest absolute Gasteiger partial charge is 0.497 e. The number of benzene rings is 3. The summed E-state index contributed by atoms with van der Waals surface area (Å²) in [4.78, 5) is 24.6. The molecule has 2 N–H and O–H groups in total. The Labute approximate surface area is 185 Å². The van der Waals surface area contributed by atoms with Crippen LogP contribution in [0, 0.1) is 0 Å². The zero-order valence-electron chi connectivity index (χ0n) is 17.7. The molecule has 0 unspecified atom stereocenters. The van der Waals surface area contributed by atoms with Gasteiger partial charge in [-0.1, -0.05) is 36.4 Å². The van der Waals surface area contributed by atoms with Gasteiger partial charge in [-0.2, -0.15) is 5.10 Å². The lowest BCUT2D eigenvalue weighted by molar-refractivity contribution is -0.114. The van der Waals surface area contributed by atoms with E-state index in [1.807, 2.05) is 54.6 Å². The molecule has 0 saturated heterocycles. The summed E-state index contributed by atoms with van der Waals surface area (Å²) in [6, 6.07) is 24.0. The van der Waals surface area contributed by atoms with E-state index in [0.717, 1.165) is 11.3 Å². The predicted octanol–water partition coefficient (Wildman–Crippen LogP) is 4.76. The van der Waals surface area contributed by atoms with Crippen LogP contribution >= 0.6 is 0 Å². The molecule has 0 spiro atoms.